The molecule has 1 aliphatic rings. The molecule has 116 valence electrons. The molecule has 1 saturated carbocycles. The van der Waals surface area contributed by atoms with E-state index in [1.165, 1.54) is 32.1 Å². The van der Waals surface area contributed by atoms with Crippen LogP contribution in [0.5, 0.6) is 0 Å². The highest BCUT2D eigenvalue weighted by Crippen LogP contribution is 2.26. The maximum absolute atomic E-state index is 11.6. The van der Waals surface area contributed by atoms with Crippen molar-refractivity contribution in [2.75, 3.05) is 23.8 Å². The molecule has 0 radical (unpaired) electrons. The summed E-state index contributed by atoms with van der Waals surface area (Å²) in [6, 6.07) is 4.51. The summed E-state index contributed by atoms with van der Waals surface area (Å²) >= 11 is 0. The first-order valence-corrected chi connectivity index (χ1v) is 7.89. The number of pyridine rings is 1. The van der Waals surface area contributed by atoms with E-state index in [1.54, 1.807) is 0 Å². The van der Waals surface area contributed by atoms with Gasteiger partial charge in [0, 0.05) is 19.5 Å². The van der Waals surface area contributed by atoms with E-state index < -0.39 is 0 Å². The molecule has 0 saturated heterocycles. The van der Waals surface area contributed by atoms with Crippen LogP contribution in [0.25, 0.3) is 0 Å². The van der Waals surface area contributed by atoms with Crippen LogP contribution in [0.15, 0.2) is 18.3 Å². The average molecular weight is 290 g/mol. The number of carbonyl (C=O) groups excluding carboxylic acids is 1. The smallest absolute Gasteiger partial charge is 0.225 e. The maximum atomic E-state index is 11.6. The minimum Gasteiger partial charge on any atom is -0.370 e. The molecule has 3 N–H and O–H groups in total. The predicted molar refractivity (Wildman–Crippen MR) is 86.4 cm³/mol. The fourth-order valence-corrected chi connectivity index (χ4v) is 2.82. The molecule has 21 heavy (non-hydrogen) atoms. The fourth-order valence-electron chi connectivity index (χ4n) is 2.82. The van der Waals surface area contributed by atoms with E-state index in [-0.39, 0.29) is 5.91 Å². The van der Waals surface area contributed by atoms with Gasteiger partial charge in [-0.25, -0.2) is 4.98 Å². The molecule has 1 amide bonds. The summed E-state index contributed by atoms with van der Waals surface area (Å²) in [6.45, 7) is 0.534. The van der Waals surface area contributed by atoms with Gasteiger partial charge in [-0.2, -0.15) is 0 Å². The van der Waals surface area contributed by atoms with Crippen molar-refractivity contribution in [3.05, 3.63) is 18.3 Å². The molecule has 5 heteroatoms. The van der Waals surface area contributed by atoms with Crippen molar-refractivity contribution in [3.63, 3.8) is 0 Å². The second-order valence-electron chi connectivity index (χ2n) is 5.74. The summed E-state index contributed by atoms with van der Waals surface area (Å²) in [5.41, 5.74) is 6.51. The zero-order chi connectivity index (χ0) is 15.1. The van der Waals surface area contributed by atoms with Crippen molar-refractivity contribution in [1.29, 1.82) is 0 Å². The van der Waals surface area contributed by atoms with Gasteiger partial charge in [0.05, 0.1) is 11.9 Å². The van der Waals surface area contributed by atoms with E-state index >= 15 is 0 Å². The lowest BCUT2D eigenvalue weighted by Gasteiger charge is -2.32. The van der Waals surface area contributed by atoms with Gasteiger partial charge in [-0.1, -0.05) is 19.3 Å². The van der Waals surface area contributed by atoms with E-state index in [2.05, 4.69) is 22.2 Å². The number of anilines is 2. The average Bonchev–Trinajstić information content (AvgIpc) is 2.54. The number of hydrogen-bond acceptors (Lipinski definition) is 4. The van der Waals surface area contributed by atoms with Gasteiger partial charge in [-0.3, -0.25) is 4.79 Å². The summed E-state index contributed by atoms with van der Waals surface area (Å²) in [5, 5.41) is 2.80. The Morgan fingerprint density at radius 2 is 2.14 bits per heavy atom. The molecule has 0 bridgehead atoms. The SMILES string of the molecule is CN(c1ccc(NC(=O)CCCN)nc1)C1CCCCC1. The Morgan fingerprint density at radius 1 is 1.38 bits per heavy atom. The fraction of sp³-hybridized carbons (Fsp3) is 0.625. The number of nitrogens with one attached hydrogen (secondary N) is 1. The van der Waals surface area contributed by atoms with Crippen LogP contribution < -0.4 is 16.0 Å². The van der Waals surface area contributed by atoms with Crippen LogP contribution in [-0.4, -0.2) is 30.5 Å². The quantitative estimate of drug-likeness (QED) is 0.844. The third kappa shape index (κ3) is 4.70. The molecule has 0 unspecified atom stereocenters. The van der Waals surface area contributed by atoms with Gasteiger partial charge in [0.1, 0.15) is 5.82 Å². The highest BCUT2D eigenvalue weighted by atomic mass is 16.1. The first-order chi connectivity index (χ1) is 10.2. The van der Waals surface area contributed by atoms with Gasteiger partial charge >= 0.3 is 0 Å². The van der Waals surface area contributed by atoms with E-state index in [0.29, 0.717) is 31.2 Å². The third-order valence-electron chi connectivity index (χ3n) is 4.15. The van der Waals surface area contributed by atoms with Gasteiger partial charge in [0.15, 0.2) is 0 Å². The van der Waals surface area contributed by atoms with E-state index in [4.69, 9.17) is 5.73 Å². The lowest BCUT2D eigenvalue weighted by atomic mass is 9.94. The summed E-state index contributed by atoms with van der Waals surface area (Å²) < 4.78 is 0. The molecule has 1 aliphatic carbocycles. The lowest BCUT2D eigenvalue weighted by Crippen LogP contribution is -2.33. The Labute approximate surface area is 126 Å². The number of carbonyl (C=O) groups is 1. The standard InChI is InChI=1S/C16H26N4O/c1-20(13-6-3-2-4-7-13)14-9-10-15(18-12-14)19-16(21)8-5-11-17/h9-10,12-13H,2-8,11,17H2,1H3,(H,18,19,21). The van der Waals surface area contributed by atoms with Crippen molar-refractivity contribution < 1.29 is 4.79 Å². The minimum absolute atomic E-state index is 0.0265. The molecular weight excluding hydrogens is 264 g/mol. The van der Waals surface area contributed by atoms with Crippen molar-refractivity contribution in [1.82, 2.24) is 4.98 Å². The highest BCUT2D eigenvalue weighted by Gasteiger charge is 2.18. The van der Waals surface area contributed by atoms with Crippen LogP contribution in [-0.2, 0) is 4.79 Å². The van der Waals surface area contributed by atoms with Gasteiger partial charge < -0.3 is 16.0 Å². The van der Waals surface area contributed by atoms with Gasteiger partial charge in [0.25, 0.3) is 0 Å². The van der Waals surface area contributed by atoms with E-state index in [9.17, 15) is 4.79 Å². The Balaban J connectivity index is 1.90. The second-order valence-corrected chi connectivity index (χ2v) is 5.74. The molecule has 1 heterocycles. The Morgan fingerprint density at radius 3 is 2.76 bits per heavy atom. The Kier molecular flexibility index (Phi) is 5.99. The third-order valence-corrected chi connectivity index (χ3v) is 4.15. The molecule has 0 atom stereocenters. The van der Waals surface area contributed by atoms with Crippen molar-refractivity contribution in [2.24, 2.45) is 5.73 Å². The number of nitrogens with two attached hydrogens (primary N) is 1. The number of aromatic nitrogens is 1. The monoisotopic (exact) mass is 290 g/mol. The van der Waals surface area contributed by atoms with Crippen LogP contribution >= 0.6 is 0 Å². The van der Waals surface area contributed by atoms with Crippen LogP contribution in [0.1, 0.15) is 44.9 Å². The molecule has 5 nitrogen and oxygen atoms in total. The Hall–Kier alpha value is -1.62. The molecule has 0 spiro atoms. The van der Waals surface area contributed by atoms with Crippen LogP contribution in [0.4, 0.5) is 11.5 Å². The molecule has 2 rings (SSSR count). The molecule has 0 aliphatic heterocycles. The second kappa shape index (κ2) is 7.98. The molecule has 1 fully saturated rings. The lowest BCUT2D eigenvalue weighted by molar-refractivity contribution is -0.116. The topological polar surface area (TPSA) is 71.2 Å². The molecule has 1 aromatic rings. The number of amides is 1. The first-order valence-electron chi connectivity index (χ1n) is 7.89. The maximum Gasteiger partial charge on any atom is 0.225 e. The number of rotatable bonds is 6. The van der Waals surface area contributed by atoms with Crippen molar-refractivity contribution >= 4 is 17.4 Å². The van der Waals surface area contributed by atoms with E-state index in [0.717, 1.165) is 5.69 Å². The number of hydrogen-bond donors (Lipinski definition) is 2. The summed E-state index contributed by atoms with van der Waals surface area (Å²) in [5.74, 6) is 0.583. The van der Waals surface area contributed by atoms with Crippen LogP contribution in [0.2, 0.25) is 0 Å². The summed E-state index contributed by atoms with van der Waals surface area (Å²) in [7, 11) is 2.13. The van der Waals surface area contributed by atoms with Crippen LogP contribution in [0.3, 0.4) is 0 Å². The van der Waals surface area contributed by atoms with Gasteiger partial charge in [0.2, 0.25) is 5.91 Å². The molecular formula is C16H26N4O. The molecule has 0 aromatic carbocycles. The van der Waals surface area contributed by atoms with Gasteiger partial charge in [-0.05, 0) is 37.9 Å². The van der Waals surface area contributed by atoms with Crippen molar-refractivity contribution in [2.45, 2.75) is 51.0 Å². The van der Waals surface area contributed by atoms with Crippen LogP contribution in [0, 0.1) is 0 Å². The summed E-state index contributed by atoms with van der Waals surface area (Å²) in [6.07, 6.45) is 9.50. The van der Waals surface area contributed by atoms with Gasteiger partial charge in [-0.15, -0.1) is 0 Å². The zero-order valence-electron chi connectivity index (χ0n) is 12.8. The largest absolute Gasteiger partial charge is 0.370 e. The minimum atomic E-state index is -0.0265. The highest BCUT2D eigenvalue weighted by molar-refractivity contribution is 5.89. The zero-order valence-corrected chi connectivity index (χ0v) is 12.8. The Bertz CT molecular complexity index is 440. The number of nitrogens with zero attached hydrogens (tertiary/aromatic N) is 2. The van der Waals surface area contributed by atoms with Crippen molar-refractivity contribution in [3.8, 4) is 0 Å². The molecule has 1 aromatic heterocycles. The van der Waals surface area contributed by atoms with E-state index in [1.807, 2.05) is 18.3 Å². The predicted octanol–water partition coefficient (Wildman–Crippen LogP) is 2.53. The first kappa shape index (κ1) is 15.8. The summed E-state index contributed by atoms with van der Waals surface area (Å²) in [4.78, 5) is 18.3. The normalized spacial score (nSPS) is 15.7.